The van der Waals surface area contributed by atoms with Crippen molar-refractivity contribution in [3.05, 3.63) is 60.4 Å². The van der Waals surface area contributed by atoms with E-state index in [4.69, 9.17) is 4.42 Å². The molecule has 0 saturated heterocycles. The normalized spacial score (nSPS) is 10.6. The number of aldehydes is 1. The van der Waals surface area contributed by atoms with Gasteiger partial charge >= 0.3 is 0 Å². The summed E-state index contributed by atoms with van der Waals surface area (Å²) in [4.78, 5) is 11.0. The molecule has 0 aliphatic rings. The second-order valence-electron chi connectivity index (χ2n) is 3.86. The van der Waals surface area contributed by atoms with Crippen molar-refractivity contribution in [2.45, 2.75) is 0 Å². The SMILES string of the molecule is O=Cc1ccccc1-c1occ2ccccc12. The minimum absolute atomic E-state index is 0.646. The van der Waals surface area contributed by atoms with Gasteiger partial charge in [0.1, 0.15) is 5.76 Å². The predicted octanol–water partition coefficient (Wildman–Crippen LogP) is 3.91. The molecule has 2 heteroatoms. The number of carbonyl (C=O) groups excluding carboxylic acids is 1. The van der Waals surface area contributed by atoms with E-state index >= 15 is 0 Å². The summed E-state index contributed by atoms with van der Waals surface area (Å²) < 4.78 is 5.58. The maximum absolute atomic E-state index is 11.0. The summed E-state index contributed by atoms with van der Waals surface area (Å²) in [7, 11) is 0. The van der Waals surface area contributed by atoms with Gasteiger partial charge in [0.15, 0.2) is 6.29 Å². The molecule has 0 saturated carbocycles. The first-order valence-corrected chi connectivity index (χ1v) is 5.41. The first-order valence-electron chi connectivity index (χ1n) is 5.41. The second kappa shape index (κ2) is 3.91. The molecule has 1 aromatic heterocycles. The number of hydrogen-bond acceptors (Lipinski definition) is 2. The number of benzene rings is 2. The lowest BCUT2D eigenvalue weighted by molar-refractivity contribution is 0.112. The highest BCUT2D eigenvalue weighted by atomic mass is 16.3. The van der Waals surface area contributed by atoms with Gasteiger partial charge in [-0.25, -0.2) is 0 Å². The Bertz CT molecular complexity index is 680. The van der Waals surface area contributed by atoms with E-state index in [0.29, 0.717) is 5.56 Å². The highest BCUT2D eigenvalue weighted by Gasteiger charge is 2.11. The Kier molecular flexibility index (Phi) is 2.26. The maximum atomic E-state index is 11.0. The molecule has 0 unspecified atom stereocenters. The van der Waals surface area contributed by atoms with E-state index < -0.39 is 0 Å². The standard InChI is InChI=1S/C15H10O2/c16-9-11-5-1-3-7-13(11)15-14-8-4-2-6-12(14)10-17-15/h1-10H. The van der Waals surface area contributed by atoms with Crippen molar-refractivity contribution in [1.29, 1.82) is 0 Å². The second-order valence-corrected chi connectivity index (χ2v) is 3.86. The van der Waals surface area contributed by atoms with Crippen LogP contribution >= 0.6 is 0 Å². The zero-order valence-electron chi connectivity index (χ0n) is 9.09. The summed E-state index contributed by atoms with van der Waals surface area (Å²) in [6, 6.07) is 15.4. The Labute approximate surface area is 98.5 Å². The van der Waals surface area contributed by atoms with Crippen LogP contribution in [-0.4, -0.2) is 6.29 Å². The Balaban J connectivity index is 2.31. The van der Waals surface area contributed by atoms with Crippen molar-refractivity contribution < 1.29 is 9.21 Å². The fraction of sp³-hybridized carbons (Fsp3) is 0. The summed E-state index contributed by atoms with van der Waals surface area (Å²) in [5.74, 6) is 0.753. The van der Waals surface area contributed by atoms with E-state index in [0.717, 1.165) is 28.4 Å². The molecule has 0 spiro atoms. The molecule has 0 atom stereocenters. The van der Waals surface area contributed by atoms with Gasteiger partial charge in [0.25, 0.3) is 0 Å². The summed E-state index contributed by atoms with van der Waals surface area (Å²) in [5.41, 5.74) is 1.48. The van der Waals surface area contributed by atoms with Crippen LogP contribution in [0.25, 0.3) is 22.1 Å². The molecule has 0 aliphatic heterocycles. The smallest absolute Gasteiger partial charge is 0.150 e. The van der Waals surface area contributed by atoms with Crippen molar-refractivity contribution in [2.75, 3.05) is 0 Å². The zero-order chi connectivity index (χ0) is 11.7. The van der Waals surface area contributed by atoms with E-state index in [2.05, 4.69) is 0 Å². The number of carbonyl (C=O) groups is 1. The number of furan rings is 1. The van der Waals surface area contributed by atoms with Crippen LogP contribution in [0.15, 0.2) is 59.2 Å². The molecule has 0 bridgehead atoms. The fourth-order valence-electron chi connectivity index (χ4n) is 2.01. The minimum atomic E-state index is 0.646. The minimum Gasteiger partial charge on any atom is -0.463 e. The van der Waals surface area contributed by atoms with Crippen LogP contribution in [0.2, 0.25) is 0 Å². The van der Waals surface area contributed by atoms with Crippen LogP contribution < -0.4 is 0 Å². The molecule has 17 heavy (non-hydrogen) atoms. The molecule has 82 valence electrons. The highest BCUT2D eigenvalue weighted by molar-refractivity contribution is 5.98. The highest BCUT2D eigenvalue weighted by Crippen LogP contribution is 2.31. The van der Waals surface area contributed by atoms with Gasteiger partial charge in [-0.05, 0) is 0 Å². The van der Waals surface area contributed by atoms with Gasteiger partial charge < -0.3 is 4.42 Å². The van der Waals surface area contributed by atoms with Gasteiger partial charge in [0.05, 0.1) is 6.26 Å². The molecule has 0 fully saturated rings. The Morgan fingerprint density at radius 1 is 0.941 bits per heavy atom. The number of rotatable bonds is 2. The van der Waals surface area contributed by atoms with Gasteiger partial charge in [-0.2, -0.15) is 0 Å². The Hall–Kier alpha value is -2.35. The number of hydrogen-bond donors (Lipinski definition) is 0. The molecule has 3 rings (SSSR count). The molecule has 0 radical (unpaired) electrons. The van der Waals surface area contributed by atoms with Gasteiger partial charge in [-0.15, -0.1) is 0 Å². The molecule has 2 nitrogen and oxygen atoms in total. The van der Waals surface area contributed by atoms with E-state index in [1.54, 1.807) is 12.3 Å². The zero-order valence-corrected chi connectivity index (χ0v) is 9.09. The third-order valence-corrected chi connectivity index (χ3v) is 2.84. The van der Waals surface area contributed by atoms with Gasteiger partial charge in [-0.1, -0.05) is 48.5 Å². The topological polar surface area (TPSA) is 30.2 Å². The molecular formula is C15H10O2. The van der Waals surface area contributed by atoms with Crippen LogP contribution in [0, 0.1) is 0 Å². The van der Waals surface area contributed by atoms with Crippen molar-refractivity contribution in [2.24, 2.45) is 0 Å². The molecule has 0 amide bonds. The molecule has 2 aromatic carbocycles. The third-order valence-electron chi connectivity index (χ3n) is 2.84. The van der Waals surface area contributed by atoms with Crippen molar-refractivity contribution in [3.8, 4) is 11.3 Å². The Morgan fingerprint density at radius 2 is 1.71 bits per heavy atom. The molecular weight excluding hydrogens is 212 g/mol. The lowest BCUT2D eigenvalue weighted by atomic mass is 10.0. The predicted molar refractivity (Wildman–Crippen MR) is 67.0 cm³/mol. The molecule has 0 aliphatic carbocycles. The lowest BCUT2D eigenvalue weighted by Crippen LogP contribution is -1.85. The van der Waals surface area contributed by atoms with E-state index in [1.165, 1.54) is 0 Å². The van der Waals surface area contributed by atoms with E-state index in [1.807, 2.05) is 42.5 Å². The third kappa shape index (κ3) is 1.54. The average Bonchev–Trinajstić information content (AvgIpc) is 2.82. The fourth-order valence-corrected chi connectivity index (χ4v) is 2.01. The van der Waals surface area contributed by atoms with Crippen LogP contribution in [0.1, 0.15) is 10.4 Å². The number of fused-ring (bicyclic) bond motifs is 1. The molecule has 3 aromatic rings. The van der Waals surface area contributed by atoms with Crippen molar-refractivity contribution >= 4 is 17.1 Å². The summed E-state index contributed by atoms with van der Waals surface area (Å²) in [6.45, 7) is 0. The van der Waals surface area contributed by atoms with Gasteiger partial charge in [-0.3, -0.25) is 4.79 Å². The maximum Gasteiger partial charge on any atom is 0.150 e. The first-order chi connectivity index (χ1) is 8.40. The van der Waals surface area contributed by atoms with Crippen LogP contribution in [-0.2, 0) is 0 Å². The summed E-state index contributed by atoms with van der Waals surface area (Å²) in [5, 5.41) is 2.07. The van der Waals surface area contributed by atoms with Crippen LogP contribution in [0.3, 0.4) is 0 Å². The van der Waals surface area contributed by atoms with Crippen LogP contribution in [0.5, 0.6) is 0 Å². The molecule has 0 N–H and O–H groups in total. The van der Waals surface area contributed by atoms with Gasteiger partial charge in [0, 0.05) is 21.9 Å². The van der Waals surface area contributed by atoms with Crippen molar-refractivity contribution in [3.63, 3.8) is 0 Å². The molecule has 1 heterocycles. The summed E-state index contributed by atoms with van der Waals surface area (Å²) in [6.07, 6.45) is 2.57. The van der Waals surface area contributed by atoms with Gasteiger partial charge in [0.2, 0.25) is 0 Å². The average molecular weight is 222 g/mol. The quantitative estimate of drug-likeness (QED) is 0.615. The van der Waals surface area contributed by atoms with E-state index in [9.17, 15) is 4.79 Å². The lowest BCUT2D eigenvalue weighted by Gasteiger charge is -2.01. The van der Waals surface area contributed by atoms with E-state index in [-0.39, 0.29) is 0 Å². The summed E-state index contributed by atoms with van der Waals surface area (Å²) >= 11 is 0. The van der Waals surface area contributed by atoms with Crippen molar-refractivity contribution in [1.82, 2.24) is 0 Å². The Morgan fingerprint density at radius 3 is 2.59 bits per heavy atom. The first kappa shape index (κ1) is 9.85. The monoisotopic (exact) mass is 222 g/mol. The largest absolute Gasteiger partial charge is 0.463 e. The van der Waals surface area contributed by atoms with Crippen LogP contribution in [0.4, 0.5) is 0 Å².